The first kappa shape index (κ1) is 15.5. The number of hydrogen-bond acceptors (Lipinski definition) is 4. The molecule has 0 aliphatic heterocycles. The standard InChI is InChI=1S/C15H19N3O2S/c1-3-17-14-6-4-5-7-15(14)21(19,20)18-11-13-8-9-16-10-12(13)2/h4-10,17-18H,3,11H2,1-2H3. The summed E-state index contributed by atoms with van der Waals surface area (Å²) in [5.74, 6) is 0. The maximum atomic E-state index is 12.4. The van der Waals surface area contributed by atoms with Gasteiger partial charge in [-0.2, -0.15) is 0 Å². The van der Waals surface area contributed by atoms with E-state index in [1.165, 1.54) is 0 Å². The number of pyridine rings is 1. The van der Waals surface area contributed by atoms with Crippen molar-refractivity contribution >= 4 is 15.7 Å². The van der Waals surface area contributed by atoms with Gasteiger partial charge in [0.1, 0.15) is 4.90 Å². The van der Waals surface area contributed by atoms with Crippen LogP contribution >= 0.6 is 0 Å². The van der Waals surface area contributed by atoms with Gasteiger partial charge in [-0.15, -0.1) is 0 Å². The van der Waals surface area contributed by atoms with Crippen molar-refractivity contribution in [1.29, 1.82) is 0 Å². The van der Waals surface area contributed by atoms with Gasteiger partial charge in [0.25, 0.3) is 0 Å². The monoisotopic (exact) mass is 305 g/mol. The van der Waals surface area contributed by atoms with Gasteiger partial charge in [-0.05, 0) is 43.2 Å². The first-order valence-corrected chi connectivity index (χ1v) is 8.25. The van der Waals surface area contributed by atoms with E-state index in [2.05, 4.69) is 15.0 Å². The van der Waals surface area contributed by atoms with Crippen molar-refractivity contribution in [2.75, 3.05) is 11.9 Å². The second-order valence-corrected chi connectivity index (χ2v) is 6.39. The highest BCUT2D eigenvalue weighted by Gasteiger charge is 2.17. The van der Waals surface area contributed by atoms with E-state index >= 15 is 0 Å². The molecule has 0 aliphatic rings. The van der Waals surface area contributed by atoms with E-state index in [0.717, 1.165) is 11.1 Å². The highest BCUT2D eigenvalue weighted by molar-refractivity contribution is 7.89. The normalized spacial score (nSPS) is 11.3. The van der Waals surface area contributed by atoms with Gasteiger partial charge >= 0.3 is 0 Å². The number of nitrogens with zero attached hydrogens (tertiary/aromatic N) is 1. The molecule has 1 heterocycles. The van der Waals surface area contributed by atoms with Crippen LogP contribution in [0.4, 0.5) is 5.69 Å². The molecule has 0 aliphatic carbocycles. The summed E-state index contributed by atoms with van der Waals surface area (Å²) < 4.78 is 27.5. The minimum atomic E-state index is -3.56. The van der Waals surface area contributed by atoms with Crippen molar-refractivity contribution in [1.82, 2.24) is 9.71 Å². The summed E-state index contributed by atoms with van der Waals surface area (Å²) >= 11 is 0. The fourth-order valence-electron chi connectivity index (χ4n) is 1.99. The third-order valence-electron chi connectivity index (χ3n) is 3.13. The fourth-order valence-corrected chi connectivity index (χ4v) is 3.18. The summed E-state index contributed by atoms with van der Waals surface area (Å²) in [5, 5.41) is 3.06. The summed E-state index contributed by atoms with van der Waals surface area (Å²) in [6, 6.07) is 8.70. The smallest absolute Gasteiger partial charge is 0.242 e. The van der Waals surface area contributed by atoms with Crippen molar-refractivity contribution < 1.29 is 8.42 Å². The van der Waals surface area contributed by atoms with Crippen molar-refractivity contribution in [2.45, 2.75) is 25.3 Å². The van der Waals surface area contributed by atoms with Gasteiger partial charge in [-0.3, -0.25) is 4.98 Å². The Labute approximate surface area is 125 Å². The number of benzene rings is 1. The Bertz CT molecular complexity index is 714. The molecule has 1 aromatic carbocycles. The summed E-state index contributed by atoms with van der Waals surface area (Å²) in [6.07, 6.45) is 3.37. The molecule has 5 nitrogen and oxygen atoms in total. The molecular weight excluding hydrogens is 286 g/mol. The van der Waals surface area contributed by atoms with E-state index in [9.17, 15) is 8.42 Å². The number of aromatic nitrogens is 1. The van der Waals surface area contributed by atoms with Gasteiger partial charge in [0.05, 0.1) is 5.69 Å². The lowest BCUT2D eigenvalue weighted by atomic mass is 10.2. The zero-order valence-corrected chi connectivity index (χ0v) is 12.9. The first-order valence-electron chi connectivity index (χ1n) is 6.76. The van der Waals surface area contributed by atoms with E-state index in [0.29, 0.717) is 12.2 Å². The lowest BCUT2D eigenvalue weighted by molar-refractivity contribution is 0.581. The number of aryl methyl sites for hydroxylation is 1. The summed E-state index contributed by atoms with van der Waals surface area (Å²) in [6.45, 7) is 4.74. The summed E-state index contributed by atoms with van der Waals surface area (Å²) in [4.78, 5) is 4.26. The van der Waals surface area contributed by atoms with Crippen LogP contribution in [-0.2, 0) is 16.6 Å². The van der Waals surface area contributed by atoms with Crippen LogP contribution in [-0.4, -0.2) is 19.9 Å². The van der Waals surface area contributed by atoms with E-state index in [-0.39, 0.29) is 11.4 Å². The van der Waals surface area contributed by atoms with Gasteiger partial charge in [-0.25, -0.2) is 13.1 Å². The number of sulfonamides is 1. The van der Waals surface area contributed by atoms with E-state index < -0.39 is 10.0 Å². The lowest BCUT2D eigenvalue weighted by Gasteiger charge is -2.12. The molecule has 0 saturated carbocycles. The molecule has 0 bridgehead atoms. The molecule has 0 amide bonds. The van der Waals surface area contributed by atoms with Crippen LogP contribution in [0.2, 0.25) is 0 Å². The van der Waals surface area contributed by atoms with E-state index in [4.69, 9.17) is 0 Å². The van der Waals surface area contributed by atoms with Gasteiger partial charge in [0.2, 0.25) is 10.0 Å². The second-order valence-electron chi connectivity index (χ2n) is 4.65. The highest BCUT2D eigenvalue weighted by atomic mass is 32.2. The number of nitrogens with one attached hydrogen (secondary N) is 2. The molecule has 1 aromatic heterocycles. The average Bonchev–Trinajstić information content (AvgIpc) is 2.47. The molecule has 2 N–H and O–H groups in total. The molecule has 0 radical (unpaired) electrons. The number of para-hydroxylation sites is 1. The van der Waals surface area contributed by atoms with Crippen LogP contribution in [0.5, 0.6) is 0 Å². The van der Waals surface area contributed by atoms with E-state index in [1.54, 1.807) is 30.6 Å². The second kappa shape index (κ2) is 6.69. The maximum absolute atomic E-state index is 12.4. The first-order chi connectivity index (χ1) is 10.0. The van der Waals surface area contributed by atoms with Crippen LogP contribution in [0.25, 0.3) is 0 Å². The molecule has 0 saturated heterocycles. The molecule has 0 atom stereocenters. The van der Waals surface area contributed by atoms with Crippen molar-refractivity contribution in [3.8, 4) is 0 Å². The van der Waals surface area contributed by atoms with Crippen LogP contribution < -0.4 is 10.0 Å². The van der Waals surface area contributed by atoms with Gasteiger partial charge in [0, 0.05) is 25.5 Å². The predicted octanol–water partition coefficient (Wildman–Crippen LogP) is 2.30. The molecule has 2 aromatic rings. The topological polar surface area (TPSA) is 71.1 Å². The molecule has 21 heavy (non-hydrogen) atoms. The van der Waals surface area contributed by atoms with Crippen molar-refractivity contribution in [2.24, 2.45) is 0 Å². The average molecular weight is 305 g/mol. The third-order valence-corrected chi connectivity index (χ3v) is 4.59. The van der Waals surface area contributed by atoms with Gasteiger partial charge in [0.15, 0.2) is 0 Å². The summed E-state index contributed by atoms with van der Waals surface area (Å²) in [7, 11) is -3.56. The molecule has 2 rings (SSSR count). The minimum absolute atomic E-state index is 0.247. The Balaban J connectivity index is 2.21. The fraction of sp³-hybridized carbons (Fsp3) is 0.267. The highest BCUT2D eigenvalue weighted by Crippen LogP contribution is 2.20. The SMILES string of the molecule is CCNc1ccccc1S(=O)(=O)NCc1ccncc1C. The minimum Gasteiger partial charge on any atom is -0.384 e. The number of anilines is 1. The van der Waals surface area contributed by atoms with Gasteiger partial charge < -0.3 is 5.32 Å². The van der Waals surface area contributed by atoms with Crippen LogP contribution in [0.15, 0.2) is 47.6 Å². The van der Waals surface area contributed by atoms with Crippen molar-refractivity contribution in [3.63, 3.8) is 0 Å². The van der Waals surface area contributed by atoms with Crippen LogP contribution in [0, 0.1) is 6.92 Å². The summed E-state index contributed by atoms with van der Waals surface area (Å²) in [5.41, 5.74) is 2.48. The Hall–Kier alpha value is -1.92. The predicted molar refractivity (Wildman–Crippen MR) is 83.6 cm³/mol. The Kier molecular flexibility index (Phi) is 4.93. The van der Waals surface area contributed by atoms with E-state index in [1.807, 2.05) is 26.0 Å². The molecule has 0 unspecified atom stereocenters. The largest absolute Gasteiger partial charge is 0.384 e. The quantitative estimate of drug-likeness (QED) is 0.859. The molecular formula is C15H19N3O2S. The Morgan fingerprint density at radius 2 is 1.95 bits per heavy atom. The zero-order valence-electron chi connectivity index (χ0n) is 12.1. The maximum Gasteiger partial charge on any atom is 0.242 e. The molecule has 0 fully saturated rings. The Morgan fingerprint density at radius 1 is 1.19 bits per heavy atom. The molecule has 0 spiro atoms. The zero-order chi connectivity index (χ0) is 15.3. The molecule has 112 valence electrons. The number of hydrogen-bond donors (Lipinski definition) is 2. The van der Waals surface area contributed by atoms with Crippen LogP contribution in [0.1, 0.15) is 18.1 Å². The Morgan fingerprint density at radius 3 is 2.67 bits per heavy atom. The lowest BCUT2D eigenvalue weighted by Crippen LogP contribution is -2.24. The third kappa shape index (κ3) is 3.80. The number of rotatable bonds is 6. The van der Waals surface area contributed by atoms with Gasteiger partial charge in [-0.1, -0.05) is 12.1 Å². The van der Waals surface area contributed by atoms with Crippen LogP contribution in [0.3, 0.4) is 0 Å². The molecule has 6 heteroatoms. The van der Waals surface area contributed by atoms with Crippen molar-refractivity contribution in [3.05, 3.63) is 53.9 Å².